The number of halogens is 1. The van der Waals surface area contributed by atoms with Gasteiger partial charge in [0.1, 0.15) is 6.54 Å². The van der Waals surface area contributed by atoms with Crippen molar-refractivity contribution in [2.24, 2.45) is 10.3 Å². The van der Waals surface area contributed by atoms with E-state index in [1.165, 1.54) is 5.01 Å². The summed E-state index contributed by atoms with van der Waals surface area (Å²) in [6.07, 6.45) is 0. The van der Waals surface area contributed by atoms with Crippen LogP contribution < -0.4 is 10.2 Å². The van der Waals surface area contributed by atoms with Crippen LogP contribution in [-0.2, 0) is 14.4 Å². The molecule has 0 bridgehead atoms. The summed E-state index contributed by atoms with van der Waals surface area (Å²) in [6, 6.07) is 10.3. The fraction of sp³-hybridized carbons (Fsp3) is 0.250. The molecule has 3 amide bonds. The average molecular weight is 412 g/mol. The summed E-state index contributed by atoms with van der Waals surface area (Å²) in [5, 5.41) is 12.1. The first-order chi connectivity index (χ1) is 13.9. The number of benzene rings is 2. The molecule has 2 aromatic rings. The van der Waals surface area contributed by atoms with Crippen LogP contribution in [0.1, 0.15) is 11.1 Å². The van der Waals surface area contributed by atoms with Crippen LogP contribution in [0.3, 0.4) is 0 Å². The number of nitrogens with one attached hydrogen (secondary N) is 1. The van der Waals surface area contributed by atoms with Crippen molar-refractivity contribution in [3.8, 4) is 0 Å². The van der Waals surface area contributed by atoms with Crippen molar-refractivity contribution < 1.29 is 14.4 Å². The molecule has 29 heavy (non-hydrogen) atoms. The molecule has 2 atom stereocenters. The zero-order valence-electron chi connectivity index (χ0n) is 15.8. The van der Waals surface area contributed by atoms with Crippen LogP contribution in [0.15, 0.2) is 52.8 Å². The Hall–Kier alpha value is -3.26. The van der Waals surface area contributed by atoms with E-state index in [1.807, 2.05) is 19.9 Å². The molecule has 9 heteroatoms. The summed E-state index contributed by atoms with van der Waals surface area (Å²) in [7, 11) is 0. The Bertz CT molecular complexity index is 1050. The highest BCUT2D eigenvalue weighted by Gasteiger charge is 2.55. The quantitative estimate of drug-likeness (QED) is 0.782. The van der Waals surface area contributed by atoms with Gasteiger partial charge >= 0.3 is 0 Å². The molecule has 1 saturated heterocycles. The first kappa shape index (κ1) is 19.1. The molecule has 1 fully saturated rings. The third-order valence-electron chi connectivity index (χ3n) is 5.06. The third-order valence-corrected chi connectivity index (χ3v) is 5.39. The SMILES string of the molecule is Cc1ccc(N2C(=O)[C@H]3N=NN(CC(=O)Nc4ccccc4Cl)[C@H]3C2=O)cc1C. The van der Waals surface area contributed by atoms with E-state index in [9.17, 15) is 14.4 Å². The maximum Gasteiger partial charge on any atom is 0.263 e. The van der Waals surface area contributed by atoms with E-state index >= 15 is 0 Å². The number of nitrogens with zero attached hydrogens (tertiary/aromatic N) is 4. The monoisotopic (exact) mass is 411 g/mol. The van der Waals surface area contributed by atoms with Crippen LogP contribution in [0.2, 0.25) is 5.02 Å². The Morgan fingerprint density at radius 1 is 1.10 bits per heavy atom. The molecule has 148 valence electrons. The van der Waals surface area contributed by atoms with Crippen LogP contribution in [0.25, 0.3) is 0 Å². The minimum absolute atomic E-state index is 0.227. The predicted molar refractivity (Wildman–Crippen MR) is 108 cm³/mol. The predicted octanol–water partition coefficient (Wildman–Crippen LogP) is 2.89. The van der Waals surface area contributed by atoms with E-state index in [1.54, 1.807) is 36.4 Å². The molecule has 0 unspecified atom stereocenters. The summed E-state index contributed by atoms with van der Waals surface area (Å²) >= 11 is 6.05. The standard InChI is InChI=1S/C20H18ClN5O3/c1-11-7-8-13(9-12(11)2)26-19(28)17-18(20(26)29)25(24-23-17)10-16(27)22-15-6-4-3-5-14(15)21/h3-9,17-18H,10H2,1-2H3,(H,22,27)/t17-,18+/m0/s1. The molecule has 2 aliphatic heterocycles. The summed E-state index contributed by atoms with van der Waals surface area (Å²) in [5.74, 6) is -1.30. The Labute approximate surface area is 172 Å². The molecule has 2 heterocycles. The number of hydrogen-bond donors (Lipinski definition) is 1. The molecule has 8 nitrogen and oxygen atoms in total. The van der Waals surface area contributed by atoms with Gasteiger partial charge < -0.3 is 5.32 Å². The van der Waals surface area contributed by atoms with E-state index in [4.69, 9.17) is 11.6 Å². The second-order valence-electron chi connectivity index (χ2n) is 7.00. The maximum atomic E-state index is 13.0. The minimum Gasteiger partial charge on any atom is -0.323 e. The number of imide groups is 1. The van der Waals surface area contributed by atoms with E-state index in [2.05, 4.69) is 15.7 Å². The highest BCUT2D eigenvalue weighted by atomic mass is 35.5. The Kier molecular flexibility index (Phi) is 4.79. The van der Waals surface area contributed by atoms with Crippen molar-refractivity contribution in [3.05, 3.63) is 58.6 Å². The average Bonchev–Trinajstić information content (AvgIpc) is 3.20. The van der Waals surface area contributed by atoms with Crippen molar-refractivity contribution in [1.29, 1.82) is 0 Å². The van der Waals surface area contributed by atoms with Gasteiger partial charge in [-0.05, 0) is 49.2 Å². The number of amides is 3. The Balaban J connectivity index is 1.51. The highest BCUT2D eigenvalue weighted by Crippen LogP contribution is 2.32. The van der Waals surface area contributed by atoms with Crippen LogP contribution in [0.4, 0.5) is 11.4 Å². The van der Waals surface area contributed by atoms with Gasteiger partial charge in [0, 0.05) is 0 Å². The summed E-state index contributed by atoms with van der Waals surface area (Å²) in [6.45, 7) is 3.64. The number of carbonyl (C=O) groups excluding carboxylic acids is 3. The third kappa shape index (κ3) is 3.36. The lowest BCUT2D eigenvalue weighted by atomic mass is 10.1. The summed E-state index contributed by atoms with van der Waals surface area (Å²) < 4.78 is 0. The number of aryl methyl sites for hydroxylation is 2. The fourth-order valence-electron chi connectivity index (χ4n) is 3.37. The van der Waals surface area contributed by atoms with Crippen LogP contribution >= 0.6 is 11.6 Å². The van der Waals surface area contributed by atoms with Gasteiger partial charge in [-0.15, -0.1) is 0 Å². The Morgan fingerprint density at radius 3 is 2.59 bits per heavy atom. The van der Waals surface area contributed by atoms with Gasteiger partial charge in [0.05, 0.1) is 16.4 Å². The van der Waals surface area contributed by atoms with Gasteiger partial charge in [-0.1, -0.05) is 35.0 Å². The van der Waals surface area contributed by atoms with E-state index in [0.29, 0.717) is 16.4 Å². The number of fused-ring (bicyclic) bond motifs is 1. The number of para-hydroxylation sites is 1. The van der Waals surface area contributed by atoms with Gasteiger partial charge in [-0.25, -0.2) is 4.90 Å². The number of carbonyl (C=O) groups is 3. The first-order valence-corrected chi connectivity index (χ1v) is 9.41. The van der Waals surface area contributed by atoms with E-state index < -0.39 is 29.8 Å². The lowest BCUT2D eigenvalue weighted by Crippen LogP contribution is -2.43. The fourth-order valence-corrected chi connectivity index (χ4v) is 3.56. The summed E-state index contributed by atoms with van der Waals surface area (Å²) in [5.41, 5.74) is 2.98. The normalized spacial score (nSPS) is 20.4. The largest absolute Gasteiger partial charge is 0.323 e. The molecule has 0 aromatic heterocycles. The smallest absolute Gasteiger partial charge is 0.263 e. The van der Waals surface area contributed by atoms with Crippen molar-refractivity contribution >= 4 is 40.7 Å². The number of rotatable bonds is 4. The molecule has 1 N–H and O–H groups in total. The van der Waals surface area contributed by atoms with Crippen molar-refractivity contribution in [1.82, 2.24) is 5.01 Å². The van der Waals surface area contributed by atoms with Crippen molar-refractivity contribution in [3.63, 3.8) is 0 Å². The lowest BCUT2D eigenvalue weighted by Gasteiger charge is -2.20. The van der Waals surface area contributed by atoms with Crippen LogP contribution in [-0.4, -0.2) is 41.4 Å². The molecular formula is C20H18ClN5O3. The number of anilines is 2. The second kappa shape index (κ2) is 7.29. The first-order valence-electron chi connectivity index (χ1n) is 9.03. The number of hydrogen-bond acceptors (Lipinski definition) is 6. The zero-order chi connectivity index (χ0) is 20.7. The second-order valence-corrected chi connectivity index (χ2v) is 7.41. The van der Waals surface area contributed by atoms with Gasteiger partial charge in [-0.2, -0.15) is 5.11 Å². The minimum atomic E-state index is -0.947. The van der Waals surface area contributed by atoms with E-state index in [0.717, 1.165) is 16.0 Å². The summed E-state index contributed by atoms with van der Waals surface area (Å²) in [4.78, 5) is 39.3. The van der Waals surface area contributed by atoms with Gasteiger partial charge in [0.15, 0.2) is 12.1 Å². The molecular weight excluding hydrogens is 394 g/mol. The van der Waals surface area contributed by atoms with Crippen molar-refractivity contribution in [2.75, 3.05) is 16.8 Å². The van der Waals surface area contributed by atoms with Crippen LogP contribution in [0.5, 0.6) is 0 Å². The van der Waals surface area contributed by atoms with Gasteiger partial charge in [-0.3, -0.25) is 19.4 Å². The highest BCUT2D eigenvalue weighted by molar-refractivity contribution is 6.33. The van der Waals surface area contributed by atoms with Gasteiger partial charge in [0.25, 0.3) is 11.8 Å². The molecule has 2 aromatic carbocycles. The van der Waals surface area contributed by atoms with E-state index in [-0.39, 0.29) is 6.54 Å². The molecule has 4 rings (SSSR count). The lowest BCUT2D eigenvalue weighted by molar-refractivity contribution is -0.123. The van der Waals surface area contributed by atoms with Crippen LogP contribution in [0, 0.1) is 13.8 Å². The zero-order valence-corrected chi connectivity index (χ0v) is 16.6. The molecule has 0 radical (unpaired) electrons. The molecule has 2 aliphatic rings. The topological polar surface area (TPSA) is 94.4 Å². The molecule has 0 saturated carbocycles. The maximum absolute atomic E-state index is 13.0. The van der Waals surface area contributed by atoms with Crippen molar-refractivity contribution in [2.45, 2.75) is 25.9 Å². The van der Waals surface area contributed by atoms with Gasteiger partial charge in [0.2, 0.25) is 5.91 Å². The Morgan fingerprint density at radius 2 is 1.86 bits per heavy atom. The molecule has 0 spiro atoms. The molecule has 0 aliphatic carbocycles.